The fourth-order valence-electron chi connectivity index (χ4n) is 2.23. The molecule has 2 heterocycles. The highest BCUT2D eigenvalue weighted by atomic mass is 16.4. The Morgan fingerprint density at radius 1 is 1.13 bits per heavy atom. The maximum absolute atomic E-state index is 11.9. The van der Waals surface area contributed by atoms with E-state index in [9.17, 15) is 9.59 Å². The molecule has 0 atom stereocenters. The van der Waals surface area contributed by atoms with Crippen LogP contribution in [0.15, 0.2) is 64.1 Å². The third kappa shape index (κ3) is 3.55. The zero-order chi connectivity index (χ0) is 16.1. The van der Waals surface area contributed by atoms with Gasteiger partial charge in [0.2, 0.25) is 0 Å². The molecule has 0 aliphatic rings. The van der Waals surface area contributed by atoms with Crippen LogP contribution in [0.2, 0.25) is 0 Å². The lowest BCUT2D eigenvalue weighted by Gasteiger charge is -2.09. The number of nitrogens with one attached hydrogen (secondary N) is 2. The van der Waals surface area contributed by atoms with Crippen molar-refractivity contribution >= 4 is 22.6 Å². The van der Waals surface area contributed by atoms with E-state index in [4.69, 9.17) is 4.42 Å². The number of anilines is 1. The minimum Gasteiger partial charge on any atom is -0.423 e. The van der Waals surface area contributed by atoms with E-state index < -0.39 is 5.63 Å². The van der Waals surface area contributed by atoms with Gasteiger partial charge in [0.15, 0.2) is 0 Å². The molecule has 0 saturated heterocycles. The van der Waals surface area contributed by atoms with E-state index in [0.29, 0.717) is 29.9 Å². The Morgan fingerprint density at radius 3 is 2.83 bits per heavy atom. The summed E-state index contributed by atoms with van der Waals surface area (Å²) in [6.07, 6.45) is 3.13. The zero-order valence-electron chi connectivity index (χ0n) is 12.3. The van der Waals surface area contributed by atoms with Crippen molar-refractivity contribution in [2.75, 3.05) is 18.4 Å². The molecule has 2 aromatic heterocycles. The van der Waals surface area contributed by atoms with Crippen LogP contribution in [0, 0.1) is 0 Å². The molecular weight excluding hydrogens is 294 g/mol. The van der Waals surface area contributed by atoms with Gasteiger partial charge in [0.25, 0.3) is 5.91 Å². The molecule has 3 rings (SSSR count). The van der Waals surface area contributed by atoms with Gasteiger partial charge in [-0.2, -0.15) is 0 Å². The van der Waals surface area contributed by atoms with Gasteiger partial charge in [0.1, 0.15) is 5.58 Å². The molecule has 0 bridgehead atoms. The summed E-state index contributed by atoms with van der Waals surface area (Å²) >= 11 is 0. The zero-order valence-corrected chi connectivity index (χ0v) is 12.3. The van der Waals surface area contributed by atoms with Crippen LogP contribution in [-0.4, -0.2) is 24.0 Å². The topological polar surface area (TPSA) is 84.2 Å². The maximum Gasteiger partial charge on any atom is 0.338 e. The van der Waals surface area contributed by atoms with Gasteiger partial charge in [-0.15, -0.1) is 0 Å². The van der Waals surface area contributed by atoms with Crippen molar-refractivity contribution in [3.05, 3.63) is 70.8 Å². The highest BCUT2D eigenvalue weighted by molar-refractivity contribution is 5.93. The number of rotatable bonds is 5. The van der Waals surface area contributed by atoms with E-state index >= 15 is 0 Å². The monoisotopic (exact) mass is 309 g/mol. The minimum atomic E-state index is -0.411. The SMILES string of the molecule is O=C(NCCNc1cc(=O)oc2ccccc12)c1cccnc1. The summed E-state index contributed by atoms with van der Waals surface area (Å²) in [4.78, 5) is 27.3. The molecule has 6 heteroatoms. The predicted octanol–water partition coefficient (Wildman–Crippen LogP) is 2.03. The smallest absolute Gasteiger partial charge is 0.338 e. The first-order chi connectivity index (χ1) is 11.2. The first-order valence-electron chi connectivity index (χ1n) is 7.19. The largest absolute Gasteiger partial charge is 0.423 e. The quantitative estimate of drug-likeness (QED) is 0.556. The van der Waals surface area contributed by atoms with E-state index in [1.54, 1.807) is 24.4 Å². The Bertz CT molecular complexity index is 875. The van der Waals surface area contributed by atoms with Crippen molar-refractivity contribution in [2.24, 2.45) is 0 Å². The Kier molecular flexibility index (Phi) is 4.33. The molecule has 0 radical (unpaired) electrons. The second-order valence-electron chi connectivity index (χ2n) is 4.90. The number of carbonyl (C=O) groups is 1. The van der Waals surface area contributed by atoms with E-state index in [1.807, 2.05) is 18.2 Å². The van der Waals surface area contributed by atoms with Gasteiger partial charge in [0.05, 0.1) is 11.3 Å². The Hall–Kier alpha value is -3.15. The van der Waals surface area contributed by atoms with Crippen molar-refractivity contribution in [3.8, 4) is 0 Å². The van der Waals surface area contributed by atoms with Gasteiger partial charge >= 0.3 is 5.63 Å². The number of benzene rings is 1. The highest BCUT2D eigenvalue weighted by Gasteiger charge is 2.06. The van der Waals surface area contributed by atoms with Crippen molar-refractivity contribution in [2.45, 2.75) is 0 Å². The summed E-state index contributed by atoms with van der Waals surface area (Å²) in [6.45, 7) is 0.904. The van der Waals surface area contributed by atoms with Crippen molar-refractivity contribution in [1.82, 2.24) is 10.3 Å². The lowest BCUT2D eigenvalue weighted by Crippen LogP contribution is -2.28. The number of carbonyl (C=O) groups excluding carboxylic acids is 1. The van der Waals surface area contributed by atoms with Crippen molar-refractivity contribution in [1.29, 1.82) is 0 Å². The number of fused-ring (bicyclic) bond motifs is 1. The van der Waals surface area contributed by atoms with Crippen LogP contribution in [0.4, 0.5) is 5.69 Å². The summed E-state index contributed by atoms with van der Waals surface area (Å²) in [6, 6.07) is 12.1. The molecule has 3 aromatic rings. The number of amides is 1. The molecule has 1 aromatic carbocycles. The molecule has 6 nitrogen and oxygen atoms in total. The number of pyridine rings is 1. The normalized spacial score (nSPS) is 10.4. The van der Waals surface area contributed by atoms with Gasteiger partial charge in [-0.05, 0) is 24.3 Å². The molecule has 0 aliphatic heterocycles. The van der Waals surface area contributed by atoms with Crippen molar-refractivity contribution < 1.29 is 9.21 Å². The standard InChI is InChI=1S/C17H15N3O3/c21-16-10-14(13-5-1-2-6-15(13)23-16)19-8-9-20-17(22)12-4-3-7-18-11-12/h1-7,10-11,19H,8-9H2,(H,20,22). The first-order valence-corrected chi connectivity index (χ1v) is 7.19. The third-order valence-corrected chi connectivity index (χ3v) is 3.30. The maximum atomic E-state index is 11.9. The molecule has 0 spiro atoms. The molecule has 0 unspecified atom stereocenters. The predicted molar refractivity (Wildman–Crippen MR) is 87.5 cm³/mol. The van der Waals surface area contributed by atoms with E-state index in [2.05, 4.69) is 15.6 Å². The average molecular weight is 309 g/mol. The molecule has 2 N–H and O–H groups in total. The average Bonchev–Trinajstić information content (AvgIpc) is 2.59. The Balaban J connectivity index is 1.61. The van der Waals surface area contributed by atoms with Crippen LogP contribution in [0.5, 0.6) is 0 Å². The summed E-state index contributed by atoms with van der Waals surface area (Å²) in [5.41, 5.74) is 1.32. The summed E-state index contributed by atoms with van der Waals surface area (Å²) in [5.74, 6) is -0.183. The second-order valence-corrected chi connectivity index (χ2v) is 4.90. The molecule has 0 aliphatic carbocycles. The summed E-state index contributed by atoms with van der Waals surface area (Å²) in [5, 5.41) is 6.76. The van der Waals surface area contributed by atoms with Crippen molar-refractivity contribution in [3.63, 3.8) is 0 Å². The van der Waals surface area contributed by atoms with Crippen LogP contribution >= 0.6 is 0 Å². The molecule has 0 saturated carbocycles. The van der Waals surface area contributed by atoms with Gasteiger partial charge in [-0.3, -0.25) is 9.78 Å². The van der Waals surface area contributed by atoms with Crippen LogP contribution in [0.1, 0.15) is 10.4 Å². The van der Waals surface area contributed by atoms with Crippen LogP contribution in [-0.2, 0) is 0 Å². The minimum absolute atomic E-state index is 0.183. The van der Waals surface area contributed by atoms with Crippen LogP contribution < -0.4 is 16.3 Å². The van der Waals surface area contributed by atoms with Gasteiger partial charge in [-0.25, -0.2) is 4.79 Å². The van der Waals surface area contributed by atoms with Gasteiger partial charge < -0.3 is 15.1 Å². The molecular formula is C17H15N3O3. The highest BCUT2D eigenvalue weighted by Crippen LogP contribution is 2.20. The molecule has 23 heavy (non-hydrogen) atoms. The number of aromatic nitrogens is 1. The number of hydrogen-bond donors (Lipinski definition) is 2. The van der Waals surface area contributed by atoms with Crippen LogP contribution in [0.25, 0.3) is 11.0 Å². The van der Waals surface area contributed by atoms with E-state index in [0.717, 1.165) is 5.39 Å². The molecule has 116 valence electrons. The van der Waals surface area contributed by atoms with E-state index in [1.165, 1.54) is 12.3 Å². The molecule has 1 amide bonds. The van der Waals surface area contributed by atoms with Gasteiger partial charge in [0, 0.05) is 36.9 Å². The number of hydrogen-bond acceptors (Lipinski definition) is 5. The lowest BCUT2D eigenvalue weighted by atomic mass is 10.2. The first kappa shape index (κ1) is 14.8. The fourth-order valence-corrected chi connectivity index (χ4v) is 2.23. The number of para-hydroxylation sites is 1. The van der Waals surface area contributed by atoms with Crippen LogP contribution in [0.3, 0.4) is 0 Å². The second kappa shape index (κ2) is 6.74. The Labute approximate surface area is 132 Å². The van der Waals surface area contributed by atoms with Gasteiger partial charge in [-0.1, -0.05) is 12.1 Å². The summed E-state index contributed by atoms with van der Waals surface area (Å²) in [7, 11) is 0. The molecule has 0 fully saturated rings. The number of nitrogens with zero attached hydrogens (tertiary/aromatic N) is 1. The fraction of sp³-hybridized carbons (Fsp3) is 0.118. The third-order valence-electron chi connectivity index (χ3n) is 3.30. The Morgan fingerprint density at radius 2 is 2.00 bits per heavy atom. The van der Waals surface area contributed by atoms with E-state index in [-0.39, 0.29) is 5.91 Å². The summed E-state index contributed by atoms with van der Waals surface area (Å²) < 4.78 is 5.13. The lowest BCUT2D eigenvalue weighted by molar-refractivity contribution is 0.0955.